The van der Waals surface area contributed by atoms with Gasteiger partial charge >= 0.3 is 0 Å². The van der Waals surface area contributed by atoms with Crippen molar-refractivity contribution in [1.29, 1.82) is 5.26 Å². The smallest absolute Gasteiger partial charge is 0.227 e. The van der Waals surface area contributed by atoms with Crippen molar-refractivity contribution in [2.45, 2.75) is 26.2 Å². The van der Waals surface area contributed by atoms with Gasteiger partial charge in [-0.05, 0) is 44.0 Å². The average molecular weight is 443 g/mol. The standard InChI is InChI=1S/C25H26N6O2/c1-17-9-11-19(12-10-17)30-16-18(14-23(30)32)25(33)28-13-5-8-22-21(15-26)24(27)31(29-22)20-6-3-2-4-7-20/h2-4,6-7,9-12,18H,5,8,13-14,16,27H2,1H3,(H,28,33). The zero-order chi connectivity index (χ0) is 23.4. The molecule has 1 unspecified atom stereocenters. The largest absolute Gasteiger partial charge is 0.382 e. The Kier molecular flexibility index (Phi) is 6.41. The number of nitrogens with two attached hydrogens (primary N) is 1. The van der Waals surface area contributed by atoms with Crippen molar-refractivity contribution in [3.8, 4) is 11.8 Å². The van der Waals surface area contributed by atoms with Gasteiger partial charge in [-0.2, -0.15) is 10.4 Å². The predicted molar refractivity (Wildman–Crippen MR) is 126 cm³/mol. The highest BCUT2D eigenvalue weighted by Gasteiger charge is 2.34. The summed E-state index contributed by atoms with van der Waals surface area (Å²) in [6.07, 6.45) is 1.32. The van der Waals surface area contributed by atoms with E-state index in [4.69, 9.17) is 5.73 Å². The molecule has 1 aromatic heterocycles. The molecule has 2 heterocycles. The van der Waals surface area contributed by atoms with Crippen LogP contribution in [0.2, 0.25) is 0 Å². The number of aromatic nitrogens is 2. The number of nitrogen functional groups attached to an aromatic ring is 1. The van der Waals surface area contributed by atoms with E-state index in [1.54, 1.807) is 9.58 Å². The molecule has 0 spiro atoms. The number of nitrogens with one attached hydrogen (secondary N) is 1. The molecule has 168 valence electrons. The number of hydrogen-bond donors (Lipinski definition) is 2. The molecule has 8 nitrogen and oxygen atoms in total. The molecule has 1 saturated heterocycles. The lowest BCUT2D eigenvalue weighted by Crippen LogP contribution is -2.33. The van der Waals surface area contributed by atoms with E-state index in [9.17, 15) is 14.9 Å². The second-order valence-corrected chi connectivity index (χ2v) is 8.20. The Hall–Kier alpha value is -4.12. The molecule has 3 N–H and O–H groups in total. The van der Waals surface area contributed by atoms with Crippen LogP contribution in [0.25, 0.3) is 5.69 Å². The summed E-state index contributed by atoms with van der Waals surface area (Å²) in [6, 6.07) is 19.3. The number of nitrogens with zero attached hydrogens (tertiary/aromatic N) is 4. The van der Waals surface area contributed by atoms with Gasteiger partial charge in [-0.3, -0.25) is 9.59 Å². The maximum atomic E-state index is 12.6. The second-order valence-electron chi connectivity index (χ2n) is 8.20. The number of amides is 2. The van der Waals surface area contributed by atoms with Crippen LogP contribution >= 0.6 is 0 Å². The minimum absolute atomic E-state index is 0.0420. The molecule has 1 aliphatic rings. The zero-order valence-corrected chi connectivity index (χ0v) is 18.5. The van der Waals surface area contributed by atoms with Crippen molar-refractivity contribution in [2.24, 2.45) is 5.92 Å². The quantitative estimate of drug-likeness (QED) is 0.546. The first kappa shape index (κ1) is 22.1. The number of hydrogen-bond acceptors (Lipinski definition) is 5. The first-order valence-corrected chi connectivity index (χ1v) is 11.0. The van der Waals surface area contributed by atoms with Gasteiger partial charge in [-0.25, -0.2) is 4.68 Å². The van der Waals surface area contributed by atoms with E-state index in [1.807, 2.05) is 61.5 Å². The first-order chi connectivity index (χ1) is 16.0. The molecule has 2 aromatic carbocycles. The molecular weight excluding hydrogens is 416 g/mol. The van der Waals surface area contributed by atoms with Crippen LogP contribution in [-0.2, 0) is 16.0 Å². The second kappa shape index (κ2) is 9.57. The number of carbonyl (C=O) groups excluding carboxylic acids is 2. The number of carbonyl (C=O) groups is 2. The van der Waals surface area contributed by atoms with E-state index < -0.39 is 0 Å². The monoisotopic (exact) mass is 442 g/mol. The molecular formula is C25H26N6O2. The van der Waals surface area contributed by atoms with Gasteiger partial charge in [0.25, 0.3) is 0 Å². The fourth-order valence-corrected chi connectivity index (χ4v) is 4.01. The highest BCUT2D eigenvalue weighted by molar-refractivity contribution is 6.00. The average Bonchev–Trinajstić information content (AvgIpc) is 3.37. The number of para-hydroxylation sites is 1. The Labute approximate surface area is 192 Å². The molecule has 1 aliphatic heterocycles. The van der Waals surface area contributed by atoms with Crippen molar-refractivity contribution < 1.29 is 9.59 Å². The number of benzene rings is 2. The Morgan fingerprint density at radius 3 is 2.61 bits per heavy atom. The molecule has 0 saturated carbocycles. The number of nitriles is 1. The summed E-state index contributed by atoms with van der Waals surface area (Å²) in [4.78, 5) is 26.7. The molecule has 2 amide bonds. The fourth-order valence-electron chi connectivity index (χ4n) is 4.01. The summed E-state index contributed by atoms with van der Waals surface area (Å²) in [7, 11) is 0. The molecule has 3 aromatic rings. The van der Waals surface area contributed by atoms with Crippen LogP contribution in [0.15, 0.2) is 54.6 Å². The number of aryl methyl sites for hydroxylation is 2. The van der Waals surface area contributed by atoms with Crippen LogP contribution in [0.1, 0.15) is 29.7 Å². The lowest BCUT2D eigenvalue weighted by Gasteiger charge is -2.17. The number of rotatable bonds is 7. The Morgan fingerprint density at radius 2 is 1.91 bits per heavy atom. The molecule has 4 rings (SSSR count). The molecule has 0 radical (unpaired) electrons. The SMILES string of the molecule is Cc1ccc(N2CC(C(=O)NCCCc3nn(-c4ccccc4)c(N)c3C#N)CC2=O)cc1. The third kappa shape index (κ3) is 4.72. The number of anilines is 2. The normalized spacial score (nSPS) is 15.5. The summed E-state index contributed by atoms with van der Waals surface area (Å²) < 4.78 is 1.57. The van der Waals surface area contributed by atoms with E-state index in [0.717, 1.165) is 16.9 Å². The van der Waals surface area contributed by atoms with Crippen LogP contribution in [-0.4, -0.2) is 34.7 Å². The van der Waals surface area contributed by atoms with E-state index in [2.05, 4.69) is 16.5 Å². The molecule has 8 heteroatoms. The first-order valence-electron chi connectivity index (χ1n) is 11.0. The topological polar surface area (TPSA) is 117 Å². The molecule has 0 aliphatic carbocycles. The van der Waals surface area contributed by atoms with Crippen molar-refractivity contribution in [2.75, 3.05) is 23.7 Å². The van der Waals surface area contributed by atoms with E-state index >= 15 is 0 Å². The van der Waals surface area contributed by atoms with Crippen LogP contribution in [0.3, 0.4) is 0 Å². The highest BCUT2D eigenvalue weighted by atomic mass is 16.2. The van der Waals surface area contributed by atoms with E-state index in [-0.39, 0.29) is 24.2 Å². The van der Waals surface area contributed by atoms with E-state index in [0.29, 0.717) is 43.0 Å². The van der Waals surface area contributed by atoms with Gasteiger partial charge in [0.05, 0.1) is 17.3 Å². The predicted octanol–water partition coefficient (Wildman–Crippen LogP) is 2.74. The van der Waals surface area contributed by atoms with Gasteiger partial charge < -0.3 is 16.0 Å². The molecule has 1 atom stereocenters. The molecule has 1 fully saturated rings. The van der Waals surface area contributed by atoms with E-state index in [1.165, 1.54) is 0 Å². The molecule has 0 bridgehead atoms. The lowest BCUT2D eigenvalue weighted by atomic mass is 10.1. The fraction of sp³-hybridized carbons (Fsp3) is 0.280. The van der Waals surface area contributed by atoms with Crippen LogP contribution in [0, 0.1) is 24.2 Å². The Balaban J connectivity index is 1.31. The third-order valence-electron chi connectivity index (χ3n) is 5.84. The summed E-state index contributed by atoms with van der Waals surface area (Å²) in [5.41, 5.74) is 9.83. The highest BCUT2D eigenvalue weighted by Crippen LogP contribution is 2.25. The van der Waals surface area contributed by atoms with Crippen LogP contribution < -0.4 is 16.0 Å². The van der Waals surface area contributed by atoms with Crippen molar-refractivity contribution in [1.82, 2.24) is 15.1 Å². The minimum Gasteiger partial charge on any atom is -0.382 e. The van der Waals surface area contributed by atoms with Gasteiger partial charge in [0.15, 0.2) is 0 Å². The Bertz CT molecular complexity index is 1190. The summed E-state index contributed by atoms with van der Waals surface area (Å²) in [5, 5.41) is 16.9. The van der Waals surface area contributed by atoms with Crippen molar-refractivity contribution in [3.63, 3.8) is 0 Å². The minimum atomic E-state index is -0.374. The lowest BCUT2D eigenvalue weighted by molar-refractivity contribution is -0.126. The molecule has 33 heavy (non-hydrogen) atoms. The van der Waals surface area contributed by atoms with Gasteiger partial charge in [-0.1, -0.05) is 35.9 Å². The summed E-state index contributed by atoms with van der Waals surface area (Å²) in [6.45, 7) is 2.80. The zero-order valence-electron chi connectivity index (χ0n) is 18.5. The van der Waals surface area contributed by atoms with Gasteiger partial charge in [0, 0.05) is 25.2 Å². The summed E-state index contributed by atoms with van der Waals surface area (Å²) >= 11 is 0. The van der Waals surface area contributed by atoms with Gasteiger partial charge in [0.1, 0.15) is 17.5 Å². The van der Waals surface area contributed by atoms with Gasteiger partial charge in [-0.15, -0.1) is 0 Å². The van der Waals surface area contributed by atoms with Gasteiger partial charge in [0.2, 0.25) is 11.8 Å². The van der Waals surface area contributed by atoms with Crippen LogP contribution in [0.5, 0.6) is 0 Å². The Morgan fingerprint density at radius 1 is 1.18 bits per heavy atom. The maximum absolute atomic E-state index is 12.6. The van der Waals surface area contributed by atoms with Crippen molar-refractivity contribution >= 4 is 23.3 Å². The summed E-state index contributed by atoms with van der Waals surface area (Å²) in [5.74, 6) is -0.239. The van der Waals surface area contributed by atoms with Crippen molar-refractivity contribution in [3.05, 3.63) is 71.4 Å². The third-order valence-corrected chi connectivity index (χ3v) is 5.84. The maximum Gasteiger partial charge on any atom is 0.227 e. The van der Waals surface area contributed by atoms with Crippen LogP contribution in [0.4, 0.5) is 11.5 Å².